The lowest BCUT2D eigenvalue weighted by Crippen LogP contribution is -2.27. The second-order valence-electron chi connectivity index (χ2n) is 5.92. The van der Waals surface area contributed by atoms with E-state index in [0.29, 0.717) is 12.8 Å². The van der Waals surface area contributed by atoms with Crippen molar-refractivity contribution >= 4 is 5.91 Å². The smallest absolute Gasteiger partial charge is 0.353 e. The van der Waals surface area contributed by atoms with Crippen molar-refractivity contribution in [3.05, 3.63) is 65.5 Å². The first-order chi connectivity index (χ1) is 11.4. The number of benzene rings is 1. The molecule has 2 atom stereocenters. The topological polar surface area (TPSA) is 42.0 Å². The van der Waals surface area contributed by atoms with Crippen LogP contribution in [0.2, 0.25) is 0 Å². The first kappa shape index (κ1) is 16.5. The fourth-order valence-electron chi connectivity index (χ4n) is 2.84. The molecule has 1 saturated carbocycles. The number of hydrogen-bond donors (Lipinski definition) is 1. The van der Waals surface area contributed by atoms with Gasteiger partial charge < -0.3 is 5.32 Å². The summed E-state index contributed by atoms with van der Waals surface area (Å²) in [6.07, 6.45) is -1.36. The average molecular weight is 334 g/mol. The van der Waals surface area contributed by atoms with E-state index in [1.54, 1.807) is 18.3 Å². The molecule has 0 saturated heterocycles. The van der Waals surface area contributed by atoms with Crippen molar-refractivity contribution in [3.63, 3.8) is 0 Å². The molecule has 3 nitrogen and oxygen atoms in total. The summed E-state index contributed by atoms with van der Waals surface area (Å²) in [7, 11) is 0. The summed E-state index contributed by atoms with van der Waals surface area (Å²) in [5.74, 6) is -0.417. The standard InChI is InChI=1S/C18H17F3N2O/c19-18(20,21)15-7-2-1-6-13(15)14-11-16(14)23-17(24)9-8-12-5-3-4-10-22-12/h1-7,10,14,16H,8-9,11H2,(H,23,24). The molecule has 24 heavy (non-hydrogen) atoms. The monoisotopic (exact) mass is 334 g/mol. The quantitative estimate of drug-likeness (QED) is 0.906. The van der Waals surface area contributed by atoms with Gasteiger partial charge >= 0.3 is 6.18 Å². The maximum atomic E-state index is 13.0. The molecule has 126 valence electrons. The minimum atomic E-state index is -4.37. The third kappa shape index (κ3) is 3.93. The molecule has 2 unspecified atom stereocenters. The predicted octanol–water partition coefficient (Wildman–Crippen LogP) is 3.71. The Morgan fingerprint density at radius 3 is 2.62 bits per heavy atom. The van der Waals surface area contributed by atoms with Gasteiger partial charge in [-0.2, -0.15) is 13.2 Å². The highest BCUT2D eigenvalue weighted by atomic mass is 19.4. The lowest BCUT2D eigenvalue weighted by atomic mass is 10.0. The zero-order valence-electron chi connectivity index (χ0n) is 12.9. The Labute approximate surface area is 137 Å². The van der Waals surface area contributed by atoms with Crippen LogP contribution in [-0.4, -0.2) is 16.9 Å². The number of pyridine rings is 1. The Hall–Kier alpha value is -2.37. The highest BCUT2D eigenvalue weighted by molar-refractivity contribution is 5.77. The highest BCUT2D eigenvalue weighted by Gasteiger charge is 2.44. The molecule has 0 spiro atoms. The zero-order chi connectivity index (χ0) is 17.2. The Morgan fingerprint density at radius 1 is 1.17 bits per heavy atom. The number of hydrogen-bond acceptors (Lipinski definition) is 2. The van der Waals surface area contributed by atoms with Crippen LogP contribution in [0, 0.1) is 0 Å². The number of carbonyl (C=O) groups excluding carboxylic acids is 1. The molecular weight excluding hydrogens is 317 g/mol. The number of alkyl halides is 3. The SMILES string of the molecule is O=C(CCc1ccccn1)NC1CC1c1ccccc1C(F)(F)F. The summed E-state index contributed by atoms with van der Waals surface area (Å²) >= 11 is 0. The van der Waals surface area contributed by atoms with Crippen LogP contribution >= 0.6 is 0 Å². The summed E-state index contributed by atoms with van der Waals surface area (Å²) in [5, 5.41) is 2.82. The van der Waals surface area contributed by atoms with E-state index in [-0.39, 0.29) is 29.9 Å². The van der Waals surface area contributed by atoms with E-state index >= 15 is 0 Å². The fraction of sp³-hybridized carbons (Fsp3) is 0.333. The molecule has 1 N–H and O–H groups in total. The van der Waals surface area contributed by atoms with E-state index in [1.807, 2.05) is 12.1 Å². The number of aromatic nitrogens is 1. The first-order valence-corrected chi connectivity index (χ1v) is 7.80. The molecule has 1 aliphatic carbocycles. The van der Waals surface area contributed by atoms with Crippen LogP contribution in [0.1, 0.15) is 35.6 Å². The van der Waals surface area contributed by atoms with E-state index in [1.165, 1.54) is 12.1 Å². The molecule has 6 heteroatoms. The van der Waals surface area contributed by atoms with Gasteiger partial charge in [0.1, 0.15) is 0 Å². The van der Waals surface area contributed by atoms with Gasteiger partial charge in [0.2, 0.25) is 5.91 Å². The zero-order valence-corrected chi connectivity index (χ0v) is 12.9. The molecule has 0 radical (unpaired) electrons. The van der Waals surface area contributed by atoms with Crippen molar-refractivity contribution < 1.29 is 18.0 Å². The number of amides is 1. The molecule has 1 fully saturated rings. The van der Waals surface area contributed by atoms with Gasteiger partial charge in [-0.3, -0.25) is 9.78 Å². The van der Waals surface area contributed by atoms with Gasteiger partial charge in [0.05, 0.1) is 5.56 Å². The summed E-state index contributed by atoms with van der Waals surface area (Å²) < 4.78 is 39.1. The maximum absolute atomic E-state index is 13.0. The third-order valence-corrected chi connectivity index (χ3v) is 4.14. The van der Waals surface area contributed by atoms with Gasteiger partial charge in [0.25, 0.3) is 0 Å². The predicted molar refractivity (Wildman–Crippen MR) is 83.3 cm³/mol. The Balaban J connectivity index is 1.56. The van der Waals surface area contributed by atoms with Crippen LogP contribution in [0.25, 0.3) is 0 Å². The largest absolute Gasteiger partial charge is 0.416 e. The average Bonchev–Trinajstić information content (AvgIpc) is 3.32. The normalized spacial score (nSPS) is 19.8. The minimum absolute atomic E-state index is 0.155. The molecule has 1 amide bonds. The lowest BCUT2D eigenvalue weighted by Gasteiger charge is -2.12. The molecule has 1 aromatic heterocycles. The summed E-state index contributed by atoms with van der Waals surface area (Å²) in [6.45, 7) is 0. The second-order valence-corrected chi connectivity index (χ2v) is 5.92. The Morgan fingerprint density at radius 2 is 1.92 bits per heavy atom. The van der Waals surface area contributed by atoms with Crippen molar-refractivity contribution in [1.29, 1.82) is 0 Å². The van der Waals surface area contributed by atoms with E-state index in [9.17, 15) is 18.0 Å². The minimum Gasteiger partial charge on any atom is -0.353 e. The fourth-order valence-corrected chi connectivity index (χ4v) is 2.84. The van der Waals surface area contributed by atoms with Crippen LogP contribution in [0.4, 0.5) is 13.2 Å². The first-order valence-electron chi connectivity index (χ1n) is 7.80. The summed E-state index contributed by atoms with van der Waals surface area (Å²) in [4.78, 5) is 16.1. The number of nitrogens with zero attached hydrogens (tertiary/aromatic N) is 1. The van der Waals surface area contributed by atoms with Crippen LogP contribution < -0.4 is 5.32 Å². The van der Waals surface area contributed by atoms with Gasteiger partial charge in [-0.05, 0) is 36.6 Å². The van der Waals surface area contributed by atoms with E-state index in [2.05, 4.69) is 10.3 Å². The van der Waals surface area contributed by atoms with Gasteiger partial charge in [-0.15, -0.1) is 0 Å². The third-order valence-electron chi connectivity index (χ3n) is 4.14. The van der Waals surface area contributed by atoms with Crippen molar-refractivity contribution in [2.75, 3.05) is 0 Å². The number of halogens is 3. The van der Waals surface area contributed by atoms with Crippen molar-refractivity contribution in [1.82, 2.24) is 10.3 Å². The molecule has 0 bridgehead atoms. The maximum Gasteiger partial charge on any atom is 0.416 e. The summed E-state index contributed by atoms with van der Waals surface area (Å²) in [5.41, 5.74) is 0.475. The molecule has 2 aromatic rings. The number of carbonyl (C=O) groups is 1. The molecule has 3 rings (SSSR count). The van der Waals surface area contributed by atoms with Crippen LogP contribution in [0.15, 0.2) is 48.7 Å². The number of nitrogens with one attached hydrogen (secondary N) is 1. The van der Waals surface area contributed by atoms with Crippen molar-refractivity contribution in [3.8, 4) is 0 Å². The molecular formula is C18H17F3N2O. The molecule has 1 aromatic carbocycles. The molecule has 0 aliphatic heterocycles. The van der Waals surface area contributed by atoms with E-state index < -0.39 is 11.7 Å². The van der Waals surface area contributed by atoms with Crippen molar-refractivity contribution in [2.24, 2.45) is 0 Å². The van der Waals surface area contributed by atoms with E-state index in [4.69, 9.17) is 0 Å². The number of rotatable bonds is 5. The lowest BCUT2D eigenvalue weighted by molar-refractivity contribution is -0.138. The van der Waals surface area contributed by atoms with Crippen LogP contribution in [0.3, 0.4) is 0 Å². The van der Waals surface area contributed by atoms with E-state index in [0.717, 1.165) is 11.8 Å². The summed E-state index contributed by atoms with van der Waals surface area (Å²) in [6, 6.07) is 10.8. The van der Waals surface area contributed by atoms with Gasteiger partial charge in [-0.1, -0.05) is 24.3 Å². The second kappa shape index (κ2) is 6.63. The van der Waals surface area contributed by atoms with Crippen molar-refractivity contribution in [2.45, 2.75) is 37.4 Å². The highest BCUT2D eigenvalue weighted by Crippen LogP contribution is 2.46. The van der Waals surface area contributed by atoms with Crippen LogP contribution in [0.5, 0.6) is 0 Å². The Bertz CT molecular complexity index is 716. The number of aryl methyl sites for hydroxylation is 1. The van der Waals surface area contributed by atoms with Gasteiger partial charge in [0.15, 0.2) is 0 Å². The van der Waals surface area contributed by atoms with Crippen LogP contribution in [-0.2, 0) is 17.4 Å². The van der Waals surface area contributed by atoms with Gasteiger partial charge in [-0.25, -0.2) is 0 Å². The Kier molecular flexibility index (Phi) is 4.55. The van der Waals surface area contributed by atoms with Gasteiger partial charge in [0, 0.05) is 30.3 Å². The molecule has 1 heterocycles. The molecule has 1 aliphatic rings.